The number of nitrogens with one attached hydrogen (secondary N) is 1. The second-order valence-corrected chi connectivity index (χ2v) is 6.20. The van der Waals surface area contributed by atoms with Crippen LogP contribution in [0.25, 0.3) is 0 Å². The number of benzene rings is 1. The third kappa shape index (κ3) is 2.54. The molecular weight excluding hydrogens is 265 g/mol. The van der Waals surface area contributed by atoms with Crippen molar-refractivity contribution >= 4 is 23.2 Å². The standard InChI is InChI=1S/C15H21Cl2N/c1-3-18-10-15(8-4-5-11(15)2)13-7-6-12(16)9-14(13)17/h6-7,9,11,18H,3-5,8,10H2,1-2H3. The van der Waals surface area contributed by atoms with Crippen LogP contribution in [0.3, 0.4) is 0 Å². The van der Waals surface area contributed by atoms with Gasteiger partial charge in [-0.1, -0.05) is 49.5 Å². The highest BCUT2D eigenvalue weighted by Crippen LogP contribution is 2.47. The summed E-state index contributed by atoms with van der Waals surface area (Å²) in [4.78, 5) is 0. The summed E-state index contributed by atoms with van der Waals surface area (Å²) in [6.07, 6.45) is 3.78. The van der Waals surface area contributed by atoms with E-state index in [2.05, 4.69) is 25.2 Å². The van der Waals surface area contributed by atoms with Crippen LogP contribution >= 0.6 is 23.2 Å². The van der Waals surface area contributed by atoms with E-state index in [0.29, 0.717) is 10.9 Å². The molecule has 0 spiro atoms. The molecule has 1 fully saturated rings. The molecule has 1 aromatic carbocycles. The maximum atomic E-state index is 6.43. The van der Waals surface area contributed by atoms with E-state index in [0.717, 1.165) is 18.1 Å². The van der Waals surface area contributed by atoms with E-state index in [9.17, 15) is 0 Å². The zero-order valence-corrected chi connectivity index (χ0v) is 12.6. The molecule has 2 unspecified atom stereocenters. The largest absolute Gasteiger partial charge is 0.316 e. The fourth-order valence-corrected chi connectivity index (χ4v) is 3.84. The minimum atomic E-state index is 0.178. The van der Waals surface area contributed by atoms with E-state index in [1.807, 2.05) is 12.1 Å². The first-order chi connectivity index (χ1) is 8.60. The number of hydrogen-bond donors (Lipinski definition) is 1. The maximum Gasteiger partial charge on any atom is 0.0459 e. The summed E-state index contributed by atoms with van der Waals surface area (Å²) in [5.41, 5.74) is 1.44. The Labute approximate surface area is 120 Å². The van der Waals surface area contributed by atoms with Gasteiger partial charge in [0.25, 0.3) is 0 Å². The summed E-state index contributed by atoms with van der Waals surface area (Å²) in [6, 6.07) is 5.95. The molecule has 3 heteroatoms. The van der Waals surface area contributed by atoms with Gasteiger partial charge in [0.15, 0.2) is 0 Å². The molecule has 1 aliphatic carbocycles. The molecule has 0 heterocycles. The lowest BCUT2D eigenvalue weighted by molar-refractivity contribution is 0.320. The summed E-state index contributed by atoms with van der Waals surface area (Å²) >= 11 is 12.4. The van der Waals surface area contributed by atoms with Crippen LogP contribution in [0.5, 0.6) is 0 Å². The van der Waals surface area contributed by atoms with Gasteiger partial charge in [0.05, 0.1) is 0 Å². The molecule has 2 rings (SSSR count). The molecule has 1 aliphatic rings. The highest BCUT2D eigenvalue weighted by atomic mass is 35.5. The average Bonchev–Trinajstić information content (AvgIpc) is 2.69. The number of halogens is 2. The molecule has 1 aromatic rings. The summed E-state index contributed by atoms with van der Waals surface area (Å²) in [7, 11) is 0. The monoisotopic (exact) mass is 285 g/mol. The molecule has 18 heavy (non-hydrogen) atoms. The third-order valence-corrected chi connectivity index (χ3v) is 4.91. The van der Waals surface area contributed by atoms with Crippen LogP contribution in [0.1, 0.15) is 38.7 Å². The Bertz CT molecular complexity index is 419. The van der Waals surface area contributed by atoms with Crippen LogP contribution < -0.4 is 5.32 Å². The predicted molar refractivity (Wildman–Crippen MR) is 79.7 cm³/mol. The van der Waals surface area contributed by atoms with E-state index in [4.69, 9.17) is 23.2 Å². The van der Waals surface area contributed by atoms with Crippen molar-refractivity contribution in [1.82, 2.24) is 5.32 Å². The first kappa shape index (κ1) is 14.2. The summed E-state index contributed by atoms with van der Waals surface area (Å²) in [6.45, 7) is 6.50. The SMILES string of the molecule is CCNCC1(c2ccc(Cl)cc2Cl)CCCC1C. The zero-order valence-electron chi connectivity index (χ0n) is 11.1. The number of hydrogen-bond acceptors (Lipinski definition) is 1. The molecular formula is C15H21Cl2N. The van der Waals surface area contributed by atoms with Crippen molar-refractivity contribution in [2.45, 2.75) is 38.5 Å². The summed E-state index contributed by atoms with van der Waals surface area (Å²) in [5.74, 6) is 0.662. The quantitative estimate of drug-likeness (QED) is 0.848. The molecule has 0 amide bonds. The van der Waals surface area contributed by atoms with E-state index in [-0.39, 0.29) is 5.41 Å². The molecule has 0 bridgehead atoms. The third-order valence-electron chi connectivity index (χ3n) is 4.36. The van der Waals surface area contributed by atoms with Crippen molar-refractivity contribution in [2.24, 2.45) is 5.92 Å². The van der Waals surface area contributed by atoms with E-state index in [1.54, 1.807) is 0 Å². The smallest absolute Gasteiger partial charge is 0.0459 e. The fraction of sp³-hybridized carbons (Fsp3) is 0.600. The van der Waals surface area contributed by atoms with Gasteiger partial charge in [0, 0.05) is 22.0 Å². The molecule has 100 valence electrons. The molecule has 1 nitrogen and oxygen atoms in total. The van der Waals surface area contributed by atoms with Crippen molar-refractivity contribution in [1.29, 1.82) is 0 Å². The highest BCUT2D eigenvalue weighted by molar-refractivity contribution is 6.35. The van der Waals surface area contributed by atoms with Crippen LogP contribution in [-0.4, -0.2) is 13.1 Å². The Morgan fingerprint density at radius 1 is 1.39 bits per heavy atom. The van der Waals surface area contributed by atoms with Crippen LogP contribution in [0.15, 0.2) is 18.2 Å². The fourth-order valence-electron chi connectivity index (χ4n) is 3.25. The molecule has 0 aliphatic heterocycles. The summed E-state index contributed by atoms with van der Waals surface area (Å²) in [5, 5.41) is 5.04. The van der Waals surface area contributed by atoms with E-state index >= 15 is 0 Å². The molecule has 0 radical (unpaired) electrons. The Hall–Kier alpha value is -0.240. The Morgan fingerprint density at radius 3 is 2.72 bits per heavy atom. The highest BCUT2D eigenvalue weighted by Gasteiger charge is 2.42. The molecule has 1 saturated carbocycles. The van der Waals surface area contributed by atoms with Crippen LogP contribution in [0.2, 0.25) is 10.0 Å². The molecule has 2 atom stereocenters. The van der Waals surface area contributed by atoms with Gasteiger partial charge in [-0.05, 0) is 43.0 Å². The predicted octanol–water partition coefficient (Wildman–Crippen LogP) is 4.66. The number of likely N-dealkylation sites (N-methyl/N-ethyl adjacent to an activating group) is 1. The molecule has 1 N–H and O–H groups in total. The van der Waals surface area contributed by atoms with Gasteiger partial charge in [-0.2, -0.15) is 0 Å². The molecule has 0 aromatic heterocycles. The van der Waals surface area contributed by atoms with Gasteiger partial charge < -0.3 is 5.32 Å². The minimum absolute atomic E-state index is 0.178. The minimum Gasteiger partial charge on any atom is -0.316 e. The maximum absolute atomic E-state index is 6.43. The number of rotatable bonds is 4. The van der Waals surface area contributed by atoms with Crippen LogP contribution in [0, 0.1) is 5.92 Å². The Kier molecular flexibility index (Phi) is 4.58. The van der Waals surface area contributed by atoms with Gasteiger partial charge >= 0.3 is 0 Å². The lowest BCUT2D eigenvalue weighted by atomic mass is 9.73. The Balaban J connectivity index is 2.39. The van der Waals surface area contributed by atoms with E-state index < -0.39 is 0 Å². The van der Waals surface area contributed by atoms with Gasteiger partial charge in [0.2, 0.25) is 0 Å². The average molecular weight is 286 g/mol. The summed E-state index contributed by atoms with van der Waals surface area (Å²) < 4.78 is 0. The van der Waals surface area contributed by atoms with Crippen molar-refractivity contribution in [3.05, 3.63) is 33.8 Å². The van der Waals surface area contributed by atoms with Gasteiger partial charge in [-0.25, -0.2) is 0 Å². The Morgan fingerprint density at radius 2 is 2.17 bits per heavy atom. The van der Waals surface area contributed by atoms with Gasteiger partial charge in [0.1, 0.15) is 0 Å². The van der Waals surface area contributed by atoms with Crippen molar-refractivity contribution < 1.29 is 0 Å². The first-order valence-corrected chi connectivity index (χ1v) is 7.52. The second kappa shape index (κ2) is 5.81. The second-order valence-electron chi connectivity index (χ2n) is 5.35. The topological polar surface area (TPSA) is 12.0 Å². The first-order valence-electron chi connectivity index (χ1n) is 6.76. The van der Waals surface area contributed by atoms with E-state index in [1.165, 1.54) is 24.8 Å². The lowest BCUT2D eigenvalue weighted by Crippen LogP contribution is -2.40. The van der Waals surface area contributed by atoms with Gasteiger partial charge in [-0.3, -0.25) is 0 Å². The van der Waals surface area contributed by atoms with Crippen LogP contribution in [-0.2, 0) is 5.41 Å². The lowest BCUT2D eigenvalue weighted by Gasteiger charge is -2.35. The zero-order chi connectivity index (χ0) is 13.2. The van der Waals surface area contributed by atoms with Crippen molar-refractivity contribution in [3.8, 4) is 0 Å². The van der Waals surface area contributed by atoms with Crippen LogP contribution in [0.4, 0.5) is 0 Å². The van der Waals surface area contributed by atoms with Gasteiger partial charge in [-0.15, -0.1) is 0 Å². The molecule has 0 saturated heterocycles. The van der Waals surface area contributed by atoms with Crippen molar-refractivity contribution in [3.63, 3.8) is 0 Å². The normalized spacial score (nSPS) is 27.7. The van der Waals surface area contributed by atoms with Crippen molar-refractivity contribution in [2.75, 3.05) is 13.1 Å².